The van der Waals surface area contributed by atoms with Gasteiger partial charge in [0.1, 0.15) is 5.60 Å². The Kier molecular flexibility index (Phi) is 7.09. The van der Waals surface area contributed by atoms with Crippen molar-refractivity contribution in [2.75, 3.05) is 0 Å². The first kappa shape index (κ1) is 16.1. The van der Waals surface area contributed by atoms with Crippen LogP contribution in [0.5, 0.6) is 0 Å². The van der Waals surface area contributed by atoms with E-state index in [1.54, 1.807) is 6.92 Å². The Bertz CT molecular complexity index is 294. The number of hydrogen-bond donors (Lipinski definition) is 2. The molecule has 2 atom stereocenters. The van der Waals surface area contributed by atoms with Gasteiger partial charge in [-0.05, 0) is 47.0 Å². The van der Waals surface area contributed by atoms with Crippen LogP contribution in [0.2, 0.25) is 0 Å². The molecule has 0 amide bonds. The fourth-order valence-corrected chi connectivity index (χ4v) is 1.38. The molecule has 0 fully saturated rings. The molecule has 0 aliphatic heterocycles. The Morgan fingerprint density at radius 3 is 2.35 bits per heavy atom. The third-order valence-corrected chi connectivity index (χ3v) is 2.87. The number of allylic oxidation sites excluding steroid dienone is 3. The number of hydrogen-bond acceptors (Lipinski definition) is 2. The monoisotopic (exact) mass is 238 g/mol. The van der Waals surface area contributed by atoms with Crippen LogP contribution in [-0.2, 0) is 0 Å². The van der Waals surface area contributed by atoms with E-state index in [1.165, 1.54) is 17.2 Å². The maximum Gasteiger partial charge on any atom is 0.106 e. The Labute approximate surface area is 105 Å². The predicted octanol–water partition coefficient (Wildman–Crippen LogP) is 3.37. The Morgan fingerprint density at radius 2 is 1.88 bits per heavy atom. The molecule has 17 heavy (non-hydrogen) atoms. The summed E-state index contributed by atoms with van der Waals surface area (Å²) in [5.74, 6) is 0. The van der Waals surface area contributed by atoms with Crippen molar-refractivity contribution in [1.29, 1.82) is 0 Å². The summed E-state index contributed by atoms with van der Waals surface area (Å²) < 4.78 is 0. The summed E-state index contributed by atoms with van der Waals surface area (Å²) in [6.07, 6.45) is 7.25. The van der Waals surface area contributed by atoms with E-state index < -0.39 is 11.7 Å². The summed E-state index contributed by atoms with van der Waals surface area (Å²) in [5, 5.41) is 19.5. The fourth-order valence-electron chi connectivity index (χ4n) is 1.38. The lowest BCUT2D eigenvalue weighted by Crippen LogP contribution is -2.36. The normalized spacial score (nSPS) is 17.2. The maximum absolute atomic E-state index is 9.76. The first-order chi connectivity index (χ1) is 7.79. The van der Waals surface area contributed by atoms with E-state index in [0.717, 1.165) is 12.8 Å². The van der Waals surface area contributed by atoms with Crippen LogP contribution in [0.3, 0.4) is 0 Å². The number of aliphatic hydroxyl groups excluding tert-OH is 1. The van der Waals surface area contributed by atoms with Crippen LogP contribution in [0.25, 0.3) is 0 Å². The summed E-state index contributed by atoms with van der Waals surface area (Å²) in [7, 11) is 0. The molecule has 0 aliphatic carbocycles. The Morgan fingerprint density at radius 1 is 1.29 bits per heavy atom. The second kappa shape index (κ2) is 7.46. The van der Waals surface area contributed by atoms with Crippen molar-refractivity contribution in [2.24, 2.45) is 0 Å². The maximum atomic E-state index is 9.76. The fraction of sp³-hybridized carbons (Fsp3) is 0.600. The molecule has 0 heterocycles. The molecule has 0 rings (SSSR count). The molecule has 0 aromatic heterocycles. The predicted molar refractivity (Wildman–Crippen MR) is 73.9 cm³/mol. The third-order valence-electron chi connectivity index (χ3n) is 2.87. The molecule has 0 unspecified atom stereocenters. The van der Waals surface area contributed by atoms with Crippen molar-refractivity contribution in [1.82, 2.24) is 0 Å². The van der Waals surface area contributed by atoms with E-state index in [4.69, 9.17) is 0 Å². The van der Waals surface area contributed by atoms with E-state index in [1.807, 2.05) is 13.0 Å². The Hall–Kier alpha value is -0.860. The molecule has 0 bridgehead atoms. The van der Waals surface area contributed by atoms with Gasteiger partial charge in [-0.3, -0.25) is 0 Å². The minimum atomic E-state index is -1.21. The van der Waals surface area contributed by atoms with E-state index in [9.17, 15) is 10.2 Å². The summed E-state index contributed by atoms with van der Waals surface area (Å²) >= 11 is 0. The van der Waals surface area contributed by atoms with Crippen LogP contribution in [-0.4, -0.2) is 21.9 Å². The molecule has 0 aromatic carbocycles. The van der Waals surface area contributed by atoms with E-state index in [2.05, 4.69) is 26.5 Å². The zero-order valence-electron chi connectivity index (χ0n) is 11.5. The van der Waals surface area contributed by atoms with Gasteiger partial charge in [0.15, 0.2) is 0 Å². The minimum absolute atomic E-state index is 0.458. The summed E-state index contributed by atoms with van der Waals surface area (Å²) in [6.45, 7) is 11.3. The van der Waals surface area contributed by atoms with Crippen molar-refractivity contribution in [3.8, 4) is 0 Å². The van der Waals surface area contributed by atoms with Gasteiger partial charge >= 0.3 is 0 Å². The second-order valence-corrected chi connectivity index (χ2v) is 5.05. The molecule has 0 saturated carbocycles. The molecule has 0 spiro atoms. The van der Waals surface area contributed by atoms with Crippen molar-refractivity contribution in [3.05, 3.63) is 36.0 Å². The minimum Gasteiger partial charge on any atom is -0.389 e. The summed E-state index contributed by atoms with van der Waals surface area (Å²) in [5.41, 5.74) is 1.35. The molecule has 2 nitrogen and oxygen atoms in total. The van der Waals surface area contributed by atoms with Crippen LogP contribution in [0.1, 0.15) is 47.0 Å². The van der Waals surface area contributed by atoms with Gasteiger partial charge in [-0.25, -0.2) is 0 Å². The lowest BCUT2D eigenvalue weighted by molar-refractivity contribution is -0.0237. The van der Waals surface area contributed by atoms with Gasteiger partial charge in [0.25, 0.3) is 0 Å². The quantitative estimate of drug-likeness (QED) is 0.668. The van der Waals surface area contributed by atoms with Crippen molar-refractivity contribution in [3.63, 3.8) is 0 Å². The zero-order valence-corrected chi connectivity index (χ0v) is 11.5. The van der Waals surface area contributed by atoms with Gasteiger partial charge in [-0.1, -0.05) is 29.4 Å². The third kappa shape index (κ3) is 7.14. The molecule has 2 heteroatoms. The van der Waals surface area contributed by atoms with Crippen molar-refractivity contribution < 1.29 is 10.2 Å². The topological polar surface area (TPSA) is 40.5 Å². The SMILES string of the molecule is C=C[C@@](C)(O)[C@H](O)C/C=C(\C)CCC=C(C)C. The molecule has 0 saturated heterocycles. The van der Waals surface area contributed by atoms with Gasteiger partial charge in [-0.2, -0.15) is 0 Å². The molecular weight excluding hydrogens is 212 g/mol. The van der Waals surface area contributed by atoms with Crippen LogP contribution < -0.4 is 0 Å². The van der Waals surface area contributed by atoms with Crippen LogP contribution in [0, 0.1) is 0 Å². The average molecular weight is 238 g/mol. The average Bonchev–Trinajstić information content (AvgIpc) is 2.25. The summed E-state index contributed by atoms with van der Waals surface area (Å²) in [6, 6.07) is 0. The molecule has 98 valence electrons. The van der Waals surface area contributed by atoms with Gasteiger partial charge in [-0.15, -0.1) is 6.58 Å². The standard InChI is InChI=1S/C15H26O2/c1-6-15(5,17)14(16)11-10-13(4)9-7-8-12(2)3/h6,8,10,14,16-17H,1,7,9,11H2,2-5H3/b13-10+/t14-,15-/m1/s1. The Balaban J connectivity index is 4.15. The number of rotatable bonds is 7. The van der Waals surface area contributed by atoms with Gasteiger partial charge in [0.2, 0.25) is 0 Å². The largest absolute Gasteiger partial charge is 0.389 e. The lowest BCUT2D eigenvalue weighted by atomic mass is 9.95. The zero-order chi connectivity index (χ0) is 13.5. The molecule has 0 aromatic rings. The van der Waals surface area contributed by atoms with Crippen LogP contribution in [0.4, 0.5) is 0 Å². The highest BCUT2D eigenvalue weighted by molar-refractivity contribution is 5.06. The van der Waals surface area contributed by atoms with Gasteiger partial charge in [0, 0.05) is 0 Å². The first-order valence-electron chi connectivity index (χ1n) is 6.12. The highest BCUT2D eigenvalue weighted by Crippen LogP contribution is 2.16. The van der Waals surface area contributed by atoms with E-state index in [-0.39, 0.29) is 0 Å². The van der Waals surface area contributed by atoms with E-state index >= 15 is 0 Å². The molecule has 0 radical (unpaired) electrons. The second-order valence-electron chi connectivity index (χ2n) is 5.05. The van der Waals surface area contributed by atoms with Gasteiger partial charge in [0.05, 0.1) is 6.10 Å². The first-order valence-corrected chi connectivity index (χ1v) is 6.12. The van der Waals surface area contributed by atoms with Gasteiger partial charge < -0.3 is 10.2 Å². The van der Waals surface area contributed by atoms with Crippen molar-refractivity contribution in [2.45, 2.75) is 58.7 Å². The van der Waals surface area contributed by atoms with Crippen molar-refractivity contribution >= 4 is 0 Å². The highest BCUT2D eigenvalue weighted by Gasteiger charge is 2.25. The summed E-state index contributed by atoms with van der Waals surface area (Å²) in [4.78, 5) is 0. The molecular formula is C15H26O2. The molecule has 0 aliphatic rings. The molecule has 2 N–H and O–H groups in total. The lowest BCUT2D eigenvalue weighted by Gasteiger charge is -2.24. The van der Waals surface area contributed by atoms with E-state index in [0.29, 0.717) is 6.42 Å². The highest BCUT2D eigenvalue weighted by atomic mass is 16.3. The van der Waals surface area contributed by atoms with Crippen LogP contribution >= 0.6 is 0 Å². The van der Waals surface area contributed by atoms with Crippen LogP contribution in [0.15, 0.2) is 36.0 Å². The smallest absolute Gasteiger partial charge is 0.106 e. The number of aliphatic hydroxyl groups is 2.